The fraction of sp³-hybridized carbons (Fsp3) is 0. The summed E-state index contributed by atoms with van der Waals surface area (Å²) in [6.07, 6.45) is 0. The smallest absolute Gasteiger partial charge is 0.0991 e. The molecule has 10 rings (SSSR count). The molecular formula is C43H25N3S. The van der Waals surface area contributed by atoms with Gasteiger partial charge in [0.1, 0.15) is 0 Å². The first-order valence-corrected chi connectivity index (χ1v) is 14.5. The highest BCUT2D eigenvalue weighted by molar-refractivity contribution is 7.26. The molecule has 0 atom stereocenters. The number of nitrogens with zero attached hydrogens (tertiary/aromatic N) is 3. The average Bonchev–Trinajstić information content (AvgIpc) is 4.04. The van der Waals surface area contributed by atoms with Crippen molar-refractivity contribution in [2.24, 2.45) is 0 Å². The predicted molar refractivity (Wildman–Crippen MR) is 198 cm³/mol. The van der Waals surface area contributed by atoms with Crippen molar-refractivity contribution in [2.75, 3.05) is 0 Å². The lowest BCUT2D eigenvalue weighted by atomic mass is 10.0. The summed E-state index contributed by atoms with van der Waals surface area (Å²) >= 11 is 0.666. The van der Waals surface area contributed by atoms with Gasteiger partial charge in [-0.3, -0.25) is 0 Å². The Balaban J connectivity index is 1.44. The van der Waals surface area contributed by atoms with Crippen LogP contribution in [0, 0.1) is 11.3 Å². The molecule has 7 aromatic carbocycles. The van der Waals surface area contributed by atoms with Gasteiger partial charge in [-0.25, -0.2) is 0 Å². The summed E-state index contributed by atoms with van der Waals surface area (Å²) in [5.41, 5.74) is -5.65. The molecule has 0 aliphatic carbocycles. The first-order chi connectivity index (χ1) is 33.7. The minimum atomic E-state index is -0.993. The summed E-state index contributed by atoms with van der Waals surface area (Å²) in [5, 5.41) is 7.10. The number of hydrogen-bond donors (Lipinski definition) is 0. The second kappa shape index (κ2) is 9.92. The van der Waals surface area contributed by atoms with Crippen LogP contribution in [0.25, 0.3) is 86.3 Å². The van der Waals surface area contributed by atoms with Crippen LogP contribution in [0.15, 0.2) is 151 Å². The van der Waals surface area contributed by atoms with Gasteiger partial charge in [0.25, 0.3) is 0 Å². The lowest BCUT2D eigenvalue weighted by molar-refractivity contribution is 1.18. The molecule has 3 nitrogen and oxygen atoms in total. The van der Waals surface area contributed by atoms with Crippen LogP contribution in [0.2, 0.25) is 0 Å². The van der Waals surface area contributed by atoms with E-state index < -0.39 is 223 Å². The van der Waals surface area contributed by atoms with E-state index in [2.05, 4.69) is 0 Å². The van der Waals surface area contributed by atoms with Crippen molar-refractivity contribution in [1.82, 2.24) is 9.13 Å². The van der Waals surface area contributed by atoms with Gasteiger partial charge in [-0.15, -0.1) is 11.3 Å². The molecule has 10 aromatic rings. The summed E-state index contributed by atoms with van der Waals surface area (Å²) in [7, 11) is 0. The van der Waals surface area contributed by atoms with Gasteiger partial charge in [-0.1, -0.05) is 78.6 Å². The number of fused-ring (bicyclic) bond motifs is 9. The van der Waals surface area contributed by atoms with Gasteiger partial charge in [-0.05, 0) is 83.6 Å². The van der Waals surface area contributed by atoms with E-state index in [9.17, 15) is 17.6 Å². The van der Waals surface area contributed by atoms with Crippen LogP contribution in [0.5, 0.6) is 0 Å². The number of aromatic nitrogens is 2. The van der Waals surface area contributed by atoms with Gasteiger partial charge in [0, 0.05) is 42.7 Å². The van der Waals surface area contributed by atoms with Crippen LogP contribution in [0.4, 0.5) is 0 Å². The van der Waals surface area contributed by atoms with E-state index in [-0.39, 0.29) is 20.2 Å². The van der Waals surface area contributed by atoms with Crippen molar-refractivity contribution >= 4 is 75.1 Å². The monoisotopic (exact) mass is 640 g/mol. The predicted octanol–water partition coefficient (Wildman–Crippen LogP) is 11.8. The lowest BCUT2D eigenvalue weighted by Crippen LogP contribution is -1.94. The second-order valence-corrected chi connectivity index (χ2v) is 11.2. The molecule has 3 aromatic heterocycles. The largest absolute Gasteiger partial charge is 0.309 e. The topological polar surface area (TPSA) is 33.6 Å². The van der Waals surface area contributed by atoms with Gasteiger partial charge in [0.05, 0.1) is 78.4 Å². The van der Waals surface area contributed by atoms with Gasteiger partial charge in [0.15, 0.2) is 0 Å². The Hall–Kier alpha value is -6.15. The third-order valence-corrected chi connectivity index (χ3v) is 8.77. The van der Waals surface area contributed by atoms with E-state index in [1.807, 2.05) is 0 Å². The normalized spacial score (nSPS) is 19.3. The minimum Gasteiger partial charge on any atom is -0.309 e. The molecule has 47 heavy (non-hydrogen) atoms. The van der Waals surface area contributed by atoms with E-state index >= 15 is 0 Å². The molecule has 0 bridgehead atoms. The zero-order valence-electron chi connectivity index (χ0n) is 48.2. The fourth-order valence-electron chi connectivity index (χ4n) is 5.67. The van der Waals surface area contributed by atoms with Crippen LogP contribution in [-0.4, -0.2) is 9.13 Å². The average molecular weight is 641 g/mol. The Bertz CT molecular complexity index is 4320. The van der Waals surface area contributed by atoms with E-state index in [1.165, 1.54) is 0 Å². The Kier molecular flexibility index (Phi) is 2.44. The van der Waals surface area contributed by atoms with Crippen LogP contribution in [0.3, 0.4) is 0 Å². The highest BCUT2D eigenvalue weighted by Gasteiger charge is 2.18. The minimum absolute atomic E-state index is 0.106. The third kappa shape index (κ3) is 3.78. The summed E-state index contributed by atoms with van der Waals surface area (Å²) in [4.78, 5) is 0. The number of benzene rings is 7. The van der Waals surface area contributed by atoms with Gasteiger partial charge >= 0.3 is 0 Å². The Morgan fingerprint density at radius 1 is 0.489 bits per heavy atom. The highest BCUT2D eigenvalue weighted by Crippen LogP contribution is 2.42. The van der Waals surface area contributed by atoms with Crippen LogP contribution < -0.4 is 0 Å². The first-order valence-electron chi connectivity index (χ1n) is 26.2. The Labute approximate surface area is 309 Å². The van der Waals surface area contributed by atoms with Crippen LogP contribution in [-0.2, 0) is 0 Å². The molecule has 0 fully saturated rings. The molecule has 0 radical (unpaired) electrons. The van der Waals surface area contributed by atoms with Crippen molar-refractivity contribution in [3.05, 3.63) is 157 Å². The molecule has 0 N–H and O–H groups in total. The lowest BCUT2D eigenvalue weighted by Gasteiger charge is -2.10. The molecule has 0 amide bonds. The molecule has 0 unspecified atom stereocenters. The van der Waals surface area contributed by atoms with Crippen molar-refractivity contribution in [1.29, 1.82) is 5.26 Å². The van der Waals surface area contributed by atoms with E-state index in [0.29, 0.717) is 11.3 Å². The maximum absolute atomic E-state index is 9.86. The number of rotatable bonds is 3. The summed E-state index contributed by atoms with van der Waals surface area (Å²) in [6, 6.07) is -18.9. The van der Waals surface area contributed by atoms with Crippen LogP contribution >= 0.6 is 11.3 Å². The fourth-order valence-corrected chi connectivity index (χ4v) is 6.73. The maximum Gasteiger partial charge on any atom is 0.0991 e. The van der Waals surface area contributed by atoms with E-state index in [4.69, 9.17) is 21.9 Å². The van der Waals surface area contributed by atoms with Crippen molar-refractivity contribution in [3.8, 4) is 28.6 Å². The van der Waals surface area contributed by atoms with Gasteiger partial charge < -0.3 is 9.13 Å². The SMILES string of the molecule is [2H]c1c([2H])c(-n2c3c([2H])c([2H])c([2H])c([2H])c3c3c([2H])c(-c4c([2H])c([2H])c5c(c4[2H])c4c([2H])c([2H])c([2H])c([2H])c4n5-c4c([2H])c([2H])c([2H])c5c4sc4c([2H])c([2H])c([2H])c([2H])c45)c([2H])c([2H])c32)c([2H])c([2H])c1C#N. The highest BCUT2D eigenvalue weighted by atomic mass is 32.1. The molecule has 0 saturated carbocycles. The maximum atomic E-state index is 9.86. The van der Waals surface area contributed by atoms with Crippen molar-refractivity contribution < 1.29 is 34.3 Å². The Morgan fingerprint density at radius 2 is 1.04 bits per heavy atom. The number of thiophene rings is 1. The molecule has 3 heterocycles. The third-order valence-electron chi connectivity index (χ3n) is 7.65. The number of nitriles is 1. The van der Waals surface area contributed by atoms with Crippen molar-refractivity contribution in [3.63, 3.8) is 0 Å². The molecule has 218 valence electrons. The zero-order chi connectivity index (χ0) is 52.8. The molecule has 0 saturated heterocycles. The quantitative estimate of drug-likeness (QED) is 0.189. The Morgan fingerprint density at radius 3 is 1.72 bits per heavy atom. The first kappa shape index (κ1) is 11.6. The summed E-state index contributed by atoms with van der Waals surface area (Å²) in [6.45, 7) is 0. The standard InChI is InChI=1S/C43H25N3S/c44-26-27-16-20-30(21-17-27)45-37-12-4-1-8-31(37)35-24-28(18-22-39(35)45)29-19-23-40-36(25-29)32-9-2-5-13-38(32)46(40)41-14-7-11-34-33-10-3-6-15-42(33)47-43(34)41/h1-25H/i1D,2D,3D,4D,5D,6D,7D,8D,9D,10D,11D,12D,13D,14D,15D,16D,17D,18D,19D,20D,21D,22D,23D,24D,25D. The number of hydrogen-bond acceptors (Lipinski definition) is 2. The van der Waals surface area contributed by atoms with E-state index in [1.54, 1.807) is 6.07 Å². The molecule has 0 aliphatic rings. The van der Waals surface area contributed by atoms with E-state index in [0.717, 1.165) is 9.13 Å². The van der Waals surface area contributed by atoms with Gasteiger partial charge in [0.2, 0.25) is 0 Å². The molecule has 0 aliphatic heterocycles. The second-order valence-electron chi connectivity index (χ2n) is 10.1. The molecule has 0 spiro atoms. The summed E-state index contributed by atoms with van der Waals surface area (Å²) in [5.74, 6) is 0. The van der Waals surface area contributed by atoms with Crippen LogP contribution in [0.1, 0.15) is 39.8 Å². The number of para-hydroxylation sites is 2. The zero-order valence-corrected chi connectivity index (χ0v) is 24.1. The van der Waals surface area contributed by atoms with Gasteiger partial charge in [-0.2, -0.15) is 5.26 Å². The molecule has 4 heteroatoms. The van der Waals surface area contributed by atoms with Crippen molar-refractivity contribution in [2.45, 2.75) is 0 Å². The summed E-state index contributed by atoms with van der Waals surface area (Å²) < 4.78 is 226. The molecular weight excluding hydrogens is 591 g/mol.